The van der Waals surface area contributed by atoms with E-state index in [9.17, 15) is 0 Å². The zero-order valence-electron chi connectivity index (χ0n) is 14.0. The molecule has 0 aromatic carbocycles. The van der Waals surface area contributed by atoms with E-state index in [0.29, 0.717) is 12.0 Å². The van der Waals surface area contributed by atoms with Crippen molar-refractivity contribution in [2.24, 2.45) is 7.05 Å². The molecule has 3 aromatic heterocycles. The van der Waals surface area contributed by atoms with E-state index >= 15 is 0 Å². The summed E-state index contributed by atoms with van der Waals surface area (Å²) in [5, 5.41) is 7.91. The molecule has 1 saturated carbocycles. The molecule has 0 unspecified atom stereocenters. The number of hydrogen-bond donors (Lipinski definition) is 2. The van der Waals surface area contributed by atoms with Gasteiger partial charge < -0.3 is 15.2 Å². The molecule has 6 nitrogen and oxygen atoms in total. The van der Waals surface area contributed by atoms with Crippen LogP contribution >= 0.6 is 11.5 Å². The zero-order valence-corrected chi connectivity index (χ0v) is 14.9. The van der Waals surface area contributed by atoms with E-state index in [1.165, 1.54) is 43.6 Å². The molecule has 1 fully saturated rings. The van der Waals surface area contributed by atoms with Crippen molar-refractivity contribution in [1.29, 1.82) is 0 Å². The lowest BCUT2D eigenvalue weighted by atomic mass is 9.95. The Bertz CT molecular complexity index is 846. The van der Waals surface area contributed by atoms with Gasteiger partial charge in [0.1, 0.15) is 10.5 Å². The monoisotopic (exact) mass is 342 g/mol. The number of aromatic nitrogens is 4. The number of anilines is 3. The van der Waals surface area contributed by atoms with Gasteiger partial charge in [-0.1, -0.05) is 19.3 Å². The highest BCUT2D eigenvalue weighted by Gasteiger charge is 2.17. The molecule has 3 aromatic rings. The van der Waals surface area contributed by atoms with Crippen molar-refractivity contribution in [2.45, 2.75) is 45.1 Å². The molecule has 0 saturated heterocycles. The van der Waals surface area contributed by atoms with Crippen LogP contribution in [-0.2, 0) is 7.05 Å². The molecule has 0 radical (unpaired) electrons. The molecular weight excluding hydrogens is 320 g/mol. The first-order chi connectivity index (χ1) is 11.7. The summed E-state index contributed by atoms with van der Waals surface area (Å²) in [4.78, 5) is 9.41. The van der Waals surface area contributed by atoms with Crippen molar-refractivity contribution < 1.29 is 0 Å². The molecule has 1 aliphatic rings. The Balaban J connectivity index is 1.68. The van der Waals surface area contributed by atoms with Crippen LogP contribution in [0, 0.1) is 6.92 Å². The average molecular weight is 342 g/mol. The second kappa shape index (κ2) is 6.39. The highest BCUT2D eigenvalue weighted by atomic mass is 32.1. The lowest BCUT2D eigenvalue weighted by molar-refractivity contribution is 0.462. The Morgan fingerprint density at radius 3 is 2.79 bits per heavy atom. The largest absolute Gasteiger partial charge is 0.365 e. The lowest BCUT2D eigenvalue weighted by Crippen LogP contribution is -2.23. The highest BCUT2D eigenvalue weighted by molar-refractivity contribution is 7.10. The number of hydrogen-bond acceptors (Lipinski definition) is 6. The van der Waals surface area contributed by atoms with Gasteiger partial charge in [0.15, 0.2) is 5.82 Å². The molecule has 126 valence electrons. The second-order valence-corrected chi connectivity index (χ2v) is 7.30. The minimum atomic E-state index is 0.505. The van der Waals surface area contributed by atoms with Crippen molar-refractivity contribution in [1.82, 2.24) is 18.9 Å². The average Bonchev–Trinajstić information content (AvgIpc) is 3.15. The van der Waals surface area contributed by atoms with E-state index in [1.807, 2.05) is 32.3 Å². The minimum absolute atomic E-state index is 0.505. The van der Waals surface area contributed by atoms with Crippen LogP contribution in [0.25, 0.3) is 11.0 Å². The summed E-state index contributed by atoms with van der Waals surface area (Å²) in [5.41, 5.74) is 3.02. The van der Waals surface area contributed by atoms with Gasteiger partial charge in [-0.25, -0.2) is 4.98 Å². The molecule has 4 rings (SSSR count). The van der Waals surface area contributed by atoms with Gasteiger partial charge in [0.25, 0.3) is 0 Å². The van der Waals surface area contributed by atoms with E-state index in [1.54, 1.807) is 0 Å². The summed E-state index contributed by atoms with van der Waals surface area (Å²) in [6.45, 7) is 1.99. The van der Waals surface area contributed by atoms with Crippen LogP contribution in [0.3, 0.4) is 0 Å². The van der Waals surface area contributed by atoms with Gasteiger partial charge in [0.2, 0.25) is 5.95 Å². The van der Waals surface area contributed by atoms with Crippen molar-refractivity contribution in [2.75, 3.05) is 10.6 Å². The van der Waals surface area contributed by atoms with Crippen molar-refractivity contribution in [3.05, 3.63) is 24.0 Å². The first-order valence-electron chi connectivity index (χ1n) is 8.49. The van der Waals surface area contributed by atoms with Gasteiger partial charge in [0, 0.05) is 19.3 Å². The smallest absolute Gasteiger partial charge is 0.230 e. The Morgan fingerprint density at radius 2 is 2.04 bits per heavy atom. The van der Waals surface area contributed by atoms with Gasteiger partial charge in [-0.05, 0) is 43.4 Å². The van der Waals surface area contributed by atoms with Crippen LogP contribution in [0.5, 0.6) is 0 Å². The van der Waals surface area contributed by atoms with Gasteiger partial charge in [0.05, 0.1) is 11.2 Å². The molecular formula is C17H22N6S. The third-order valence-electron chi connectivity index (χ3n) is 4.53. The van der Waals surface area contributed by atoms with E-state index in [4.69, 9.17) is 4.98 Å². The molecule has 1 aliphatic carbocycles. The van der Waals surface area contributed by atoms with Crippen LogP contribution in [-0.4, -0.2) is 25.0 Å². The summed E-state index contributed by atoms with van der Waals surface area (Å²) in [6, 6.07) is 4.55. The molecule has 0 bridgehead atoms. The van der Waals surface area contributed by atoms with Gasteiger partial charge in [-0.3, -0.25) is 0 Å². The second-order valence-electron chi connectivity index (χ2n) is 6.49. The van der Waals surface area contributed by atoms with Crippen molar-refractivity contribution >= 4 is 39.3 Å². The van der Waals surface area contributed by atoms with Crippen LogP contribution in [0.15, 0.2) is 18.3 Å². The number of nitrogens with zero attached hydrogens (tertiary/aromatic N) is 4. The molecule has 7 heteroatoms. The third-order valence-corrected chi connectivity index (χ3v) is 5.32. The molecule has 0 aliphatic heterocycles. The normalized spacial score (nSPS) is 15.8. The van der Waals surface area contributed by atoms with E-state index in [2.05, 4.69) is 24.6 Å². The number of aryl methyl sites for hydroxylation is 2. The predicted molar refractivity (Wildman–Crippen MR) is 99.1 cm³/mol. The highest BCUT2D eigenvalue weighted by Crippen LogP contribution is 2.28. The number of rotatable bonds is 4. The topological polar surface area (TPSA) is 67.7 Å². The first-order valence-corrected chi connectivity index (χ1v) is 9.26. The van der Waals surface area contributed by atoms with Gasteiger partial charge >= 0.3 is 0 Å². The molecule has 0 amide bonds. The van der Waals surface area contributed by atoms with Gasteiger partial charge in [-0.2, -0.15) is 9.36 Å². The minimum Gasteiger partial charge on any atom is -0.365 e. The number of nitrogens with one attached hydrogen (secondary N) is 2. The van der Waals surface area contributed by atoms with Crippen molar-refractivity contribution in [3.8, 4) is 0 Å². The quantitative estimate of drug-likeness (QED) is 0.743. The fourth-order valence-corrected chi connectivity index (χ4v) is 3.98. The maximum atomic E-state index is 4.76. The Hall–Kier alpha value is -2.15. The third kappa shape index (κ3) is 3.08. The summed E-state index contributed by atoms with van der Waals surface area (Å²) < 4.78 is 6.38. The van der Waals surface area contributed by atoms with Crippen LogP contribution < -0.4 is 10.6 Å². The Kier molecular flexibility index (Phi) is 4.10. The standard InChI is InChI=1S/C17H22N6S/c1-11-10-14(24-22-11)20-17-19-13-8-9-23(2)15(13)16(21-17)18-12-6-4-3-5-7-12/h8-10,12H,3-7H2,1-2H3,(H2,18,19,20,21). The summed E-state index contributed by atoms with van der Waals surface area (Å²) in [7, 11) is 2.04. The Labute approximate surface area is 145 Å². The SMILES string of the molecule is Cc1cc(Nc2nc(NC3CCCCC3)c3c(ccn3C)n2)sn1. The summed E-state index contributed by atoms with van der Waals surface area (Å²) in [5.74, 6) is 1.54. The Morgan fingerprint density at radius 1 is 1.21 bits per heavy atom. The molecule has 24 heavy (non-hydrogen) atoms. The predicted octanol–water partition coefficient (Wildman–Crippen LogP) is 4.22. The first kappa shape index (κ1) is 15.4. The summed E-state index contributed by atoms with van der Waals surface area (Å²) in [6.07, 6.45) is 8.40. The van der Waals surface area contributed by atoms with Crippen molar-refractivity contribution in [3.63, 3.8) is 0 Å². The maximum absolute atomic E-state index is 4.76. The van der Waals surface area contributed by atoms with Crippen LogP contribution in [0.4, 0.5) is 16.8 Å². The molecule has 0 spiro atoms. The molecule has 0 atom stereocenters. The zero-order chi connectivity index (χ0) is 16.5. The van der Waals surface area contributed by atoms with E-state index in [-0.39, 0.29) is 0 Å². The van der Waals surface area contributed by atoms with Crippen LogP contribution in [0.2, 0.25) is 0 Å². The fourth-order valence-electron chi connectivity index (χ4n) is 3.32. The van der Waals surface area contributed by atoms with Crippen LogP contribution in [0.1, 0.15) is 37.8 Å². The summed E-state index contributed by atoms with van der Waals surface area (Å²) >= 11 is 1.43. The maximum Gasteiger partial charge on any atom is 0.230 e. The molecule has 3 heterocycles. The molecule has 2 N–H and O–H groups in total. The fraction of sp³-hybridized carbons (Fsp3) is 0.471. The number of fused-ring (bicyclic) bond motifs is 1. The van der Waals surface area contributed by atoms with Gasteiger partial charge in [-0.15, -0.1) is 0 Å². The van der Waals surface area contributed by atoms with E-state index in [0.717, 1.165) is 27.5 Å². The van der Waals surface area contributed by atoms with E-state index < -0.39 is 0 Å². The lowest BCUT2D eigenvalue weighted by Gasteiger charge is -2.24.